The molecule has 0 heterocycles. The van der Waals surface area contributed by atoms with Gasteiger partial charge in [-0.15, -0.1) is 12.6 Å². The van der Waals surface area contributed by atoms with E-state index in [0.29, 0.717) is 9.88 Å². The lowest BCUT2D eigenvalue weighted by molar-refractivity contribution is 0.100. The van der Waals surface area contributed by atoms with Crippen molar-refractivity contribution in [2.75, 3.05) is 6.54 Å². The first-order valence-electron chi connectivity index (χ1n) is 4.89. The topological polar surface area (TPSA) is 55.1 Å². The van der Waals surface area contributed by atoms with Crippen LogP contribution in [0.4, 0.5) is 0 Å². The van der Waals surface area contributed by atoms with Crippen molar-refractivity contribution in [1.82, 2.24) is 5.32 Å². The molecule has 88 valence electrons. The van der Waals surface area contributed by atoms with Crippen LogP contribution in [0.5, 0.6) is 0 Å². The quantitative estimate of drug-likeness (QED) is 0.572. The van der Waals surface area contributed by atoms with Crippen molar-refractivity contribution in [3.8, 4) is 0 Å². The zero-order valence-corrected chi connectivity index (χ0v) is 10.9. The fourth-order valence-corrected chi connectivity index (χ4v) is 1.05. The molecule has 0 unspecified atom stereocenters. The van der Waals surface area contributed by atoms with Gasteiger partial charge in [0.25, 0.3) is 0 Å². The normalized spacial score (nSPS) is 8.62. The summed E-state index contributed by atoms with van der Waals surface area (Å²) in [7, 11) is 0. The minimum absolute atomic E-state index is 0.379. The van der Waals surface area contributed by atoms with Gasteiger partial charge in [0.15, 0.2) is 0 Å². The molecule has 3 N–H and O–H groups in total. The van der Waals surface area contributed by atoms with Gasteiger partial charge in [0.05, 0.1) is 0 Å². The van der Waals surface area contributed by atoms with E-state index in [9.17, 15) is 4.79 Å². The van der Waals surface area contributed by atoms with Crippen LogP contribution in [-0.2, 0) is 0 Å². The highest BCUT2D eigenvalue weighted by Crippen LogP contribution is 1.94. The molecule has 0 spiro atoms. The number of primary amides is 1. The molecule has 0 saturated carbocycles. The Morgan fingerprint density at radius 2 is 2.00 bits per heavy atom. The summed E-state index contributed by atoms with van der Waals surface area (Å²) in [6, 6.07) is 8.76. The Hall–Kier alpha value is -1.07. The number of rotatable bonds is 3. The second kappa shape index (κ2) is 9.18. The molecule has 3 nitrogen and oxygen atoms in total. The van der Waals surface area contributed by atoms with Gasteiger partial charge in [0.1, 0.15) is 4.32 Å². The molecule has 16 heavy (non-hydrogen) atoms. The van der Waals surface area contributed by atoms with Gasteiger partial charge >= 0.3 is 0 Å². The van der Waals surface area contributed by atoms with Crippen LogP contribution in [0.3, 0.4) is 0 Å². The van der Waals surface area contributed by atoms with E-state index in [4.69, 9.17) is 5.73 Å². The van der Waals surface area contributed by atoms with Crippen molar-refractivity contribution >= 4 is 35.1 Å². The van der Waals surface area contributed by atoms with Crippen LogP contribution in [-0.4, -0.2) is 16.8 Å². The summed E-state index contributed by atoms with van der Waals surface area (Å²) >= 11 is 8.47. The van der Waals surface area contributed by atoms with Crippen molar-refractivity contribution in [1.29, 1.82) is 0 Å². The molecule has 1 aromatic rings. The molecule has 0 radical (unpaired) electrons. The predicted molar refractivity (Wildman–Crippen MR) is 74.8 cm³/mol. The molecule has 5 heteroatoms. The van der Waals surface area contributed by atoms with E-state index in [1.165, 1.54) is 0 Å². The lowest BCUT2D eigenvalue weighted by Crippen LogP contribution is -2.16. The lowest BCUT2D eigenvalue weighted by atomic mass is 10.2. The summed E-state index contributed by atoms with van der Waals surface area (Å²) in [5.74, 6) is -0.379. The zero-order valence-electron chi connectivity index (χ0n) is 9.14. The van der Waals surface area contributed by atoms with E-state index in [1.54, 1.807) is 24.3 Å². The lowest BCUT2D eigenvalue weighted by Gasteiger charge is -1.95. The molecule has 0 bridgehead atoms. The van der Waals surface area contributed by atoms with Crippen molar-refractivity contribution in [3.63, 3.8) is 0 Å². The Morgan fingerprint density at radius 1 is 1.44 bits per heavy atom. The SMILES string of the molecule is CCCNC(=S)S.NC(=O)c1ccccc1. The number of carbonyl (C=O) groups is 1. The molecule has 0 aliphatic carbocycles. The van der Waals surface area contributed by atoms with Gasteiger partial charge in [0, 0.05) is 12.1 Å². The second-order valence-electron chi connectivity index (χ2n) is 2.96. The van der Waals surface area contributed by atoms with Crippen LogP contribution in [0.15, 0.2) is 30.3 Å². The molecular weight excluding hydrogens is 240 g/mol. The maximum Gasteiger partial charge on any atom is 0.248 e. The van der Waals surface area contributed by atoms with E-state index in [-0.39, 0.29) is 5.91 Å². The maximum atomic E-state index is 10.4. The van der Waals surface area contributed by atoms with Crippen LogP contribution in [0, 0.1) is 0 Å². The van der Waals surface area contributed by atoms with Crippen molar-refractivity contribution in [3.05, 3.63) is 35.9 Å². The molecule has 0 aromatic heterocycles. The average Bonchev–Trinajstić information content (AvgIpc) is 2.28. The van der Waals surface area contributed by atoms with Crippen molar-refractivity contribution < 1.29 is 4.79 Å². The fourth-order valence-electron chi connectivity index (χ4n) is 0.834. The van der Waals surface area contributed by atoms with E-state index in [2.05, 4.69) is 37.1 Å². The van der Waals surface area contributed by atoms with E-state index in [0.717, 1.165) is 13.0 Å². The molecule has 1 aromatic carbocycles. The minimum atomic E-state index is -0.379. The van der Waals surface area contributed by atoms with E-state index >= 15 is 0 Å². The number of hydrogen-bond acceptors (Lipinski definition) is 2. The summed E-state index contributed by atoms with van der Waals surface area (Å²) in [6.07, 6.45) is 1.10. The van der Waals surface area contributed by atoms with E-state index < -0.39 is 0 Å². The first kappa shape index (κ1) is 14.9. The van der Waals surface area contributed by atoms with Crippen LogP contribution in [0.25, 0.3) is 0 Å². The maximum absolute atomic E-state index is 10.4. The fraction of sp³-hybridized carbons (Fsp3) is 0.273. The number of nitrogens with two attached hydrogens (primary N) is 1. The molecule has 1 rings (SSSR count). The van der Waals surface area contributed by atoms with Crippen LogP contribution in [0.2, 0.25) is 0 Å². The standard InChI is InChI=1S/C7H7NO.C4H9NS2/c8-7(9)6-4-2-1-3-5-6;1-2-3-5-4(6)7/h1-5H,(H2,8,9);2-3H2,1H3,(H2,5,6,7). The summed E-state index contributed by atoms with van der Waals surface area (Å²) < 4.78 is 0.585. The number of hydrogen-bond donors (Lipinski definition) is 3. The van der Waals surface area contributed by atoms with Gasteiger partial charge in [-0.2, -0.15) is 0 Å². The van der Waals surface area contributed by atoms with Gasteiger partial charge in [-0.05, 0) is 18.6 Å². The Morgan fingerprint density at radius 3 is 2.25 bits per heavy atom. The average molecular weight is 256 g/mol. The number of carbonyl (C=O) groups excluding carboxylic acids is 1. The second-order valence-corrected chi connectivity index (χ2v) is 4.12. The Labute approximate surface area is 107 Å². The van der Waals surface area contributed by atoms with Gasteiger partial charge < -0.3 is 11.1 Å². The van der Waals surface area contributed by atoms with Crippen molar-refractivity contribution in [2.45, 2.75) is 13.3 Å². The molecule has 0 fully saturated rings. The van der Waals surface area contributed by atoms with Crippen LogP contribution < -0.4 is 11.1 Å². The van der Waals surface area contributed by atoms with Crippen molar-refractivity contribution in [2.24, 2.45) is 5.73 Å². The van der Waals surface area contributed by atoms with Gasteiger partial charge in [-0.1, -0.05) is 37.3 Å². The predicted octanol–water partition coefficient (Wildman–Crippen LogP) is 1.99. The first-order chi connectivity index (χ1) is 7.57. The monoisotopic (exact) mass is 256 g/mol. The molecular formula is C11H16N2OS2. The number of thiocarbonyl (C=S) groups is 1. The number of amides is 1. The summed E-state index contributed by atoms with van der Waals surface area (Å²) in [5, 5.41) is 2.89. The highest BCUT2D eigenvalue weighted by atomic mass is 32.1. The first-order valence-corrected chi connectivity index (χ1v) is 5.75. The molecule has 0 saturated heterocycles. The third-order valence-electron chi connectivity index (χ3n) is 1.58. The summed E-state index contributed by atoms with van der Waals surface area (Å²) in [6.45, 7) is 3.02. The molecule has 0 aliphatic heterocycles. The smallest absolute Gasteiger partial charge is 0.248 e. The Balaban J connectivity index is 0.000000293. The number of benzene rings is 1. The number of thiol groups is 1. The summed E-state index contributed by atoms with van der Waals surface area (Å²) in [4.78, 5) is 10.4. The van der Waals surface area contributed by atoms with Crippen LogP contribution >= 0.6 is 24.8 Å². The third kappa shape index (κ3) is 8.26. The minimum Gasteiger partial charge on any atom is -0.371 e. The Bertz CT molecular complexity index is 328. The number of nitrogens with one attached hydrogen (secondary N) is 1. The largest absolute Gasteiger partial charge is 0.371 e. The summed E-state index contributed by atoms with van der Waals surface area (Å²) in [5.41, 5.74) is 5.53. The van der Waals surface area contributed by atoms with Gasteiger partial charge in [0.2, 0.25) is 5.91 Å². The van der Waals surface area contributed by atoms with E-state index in [1.807, 2.05) is 6.07 Å². The highest BCUT2D eigenvalue weighted by Gasteiger charge is 1.93. The van der Waals surface area contributed by atoms with Crippen LogP contribution in [0.1, 0.15) is 23.7 Å². The highest BCUT2D eigenvalue weighted by molar-refractivity contribution is 8.11. The van der Waals surface area contributed by atoms with Gasteiger partial charge in [-0.3, -0.25) is 4.79 Å². The zero-order chi connectivity index (χ0) is 12.4. The van der Waals surface area contributed by atoms with Gasteiger partial charge in [-0.25, -0.2) is 0 Å². The Kier molecular flexibility index (Phi) is 8.56. The molecule has 1 amide bonds. The molecule has 0 atom stereocenters. The molecule has 0 aliphatic rings. The third-order valence-corrected chi connectivity index (χ3v) is 1.89.